The van der Waals surface area contributed by atoms with Crippen LogP contribution in [-0.2, 0) is 9.47 Å². The second kappa shape index (κ2) is 5.55. The molecule has 26 heavy (non-hydrogen) atoms. The van der Waals surface area contributed by atoms with E-state index in [-0.39, 0.29) is 5.90 Å². The number of nitrogens with zero attached hydrogens (tertiary/aromatic N) is 3. The molecule has 6 nitrogen and oxygen atoms in total. The van der Waals surface area contributed by atoms with E-state index in [1.165, 1.54) is 0 Å². The van der Waals surface area contributed by atoms with Gasteiger partial charge in [-0.05, 0) is 24.5 Å². The van der Waals surface area contributed by atoms with Gasteiger partial charge in [0.25, 0.3) is 0 Å². The summed E-state index contributed by atoms with van der Waals surface area (Å²) in [5.41, 5.74) is -2.91. The summed E-state index contributed by atoms with van der Waals surface area (Å²) in [4.78, 5) is 0. The Morgan fingerprint density at radius 2 is 1.85 bits per heavy atom. The lowest BCUT2D eigenvalue weighted by Gasteiger charge is -2.51. The van der Waals surface area contributed by atoms with Gasteiger partial charge >= 0.3 is 0 Å². The van der Waals surface area contributed by atoms with E-state index < -0.39 is 28.6 Å². The molecule has 4 rings (SSSR count). The quantitative estimate of drug-likeness (QED) is 0.752. The van der Waals surface area contributed by atoms with Gasteiger partial charge in [0, 0.05) is 10.9 Å². The highest BCUT2D eigenvalue weighted by molar-refractivity contribution is 9.10. The number of hydrogen-bond donors (Lipinski definition) is 1. The minimum Gasteiger partial charge on any atom is -0.447 e. The Balaban J connectivity index is 2.03. The Morgan fingerprint density at radius 1 is 1.12 bits per heavy atom. The van der Waals surface area contributed by atoms with E-state index in [2.05, 4.69) is 34.1 Å². The lowest BCUT2D eigenvalue weighted by atomic mass is 9.51. The standard InChI is InChI=1S/C19H15BrN4O2/c20-13-6-2-1-5-12(13)15-17(9-21,10-22)18(11-23)14-7-3-4-8-19(14,25-15)26-16(18)24/h1-2,5-6,14-15,24H,3-4,7-8H2. The van der Waals surface area contributed by atoms with Crippen LogP contribution in [0, 0.1) is 56.2 Å². The molecular weight excluding hydrogens is 396 g/mol. The van der Waals surface area contributed by atoms with Gasteiger partial charge in [-0.15, -0.1) is 0 Å². The highest BCUT2D eigenvalue weighted by Crippen LogP contribution is 2.69. The molecule has 1 saturated carbocycles. The topological polar surface area (TPSA) is 114 Å². The molecule has 2 saturated heterocycles. The number of nitrogens with one attached hydrogen (secondary N) is 1. The minimum absolute atomic E-state index is 0.315. The Bertz CT molecular complexity index is 913. The molecule has 7 heteroatoms. The summed E-state index contributed by atoms with van der Waals surface area (Å²) < 4.78 is 12.9. The predicted molar refractivity (Wildman–Crippen MR) is 93.2 cm³/mol. The zero-order valence-electron chi connectivity index (χ0n) is 13.8. The zero-order valence-corrected chi connectivity index (χ0v) is 15.4. The van der Waals surface area contributed by atoms with E-state index in [0.717, 1.165) is 12.8 Å². The number of hydrogen-bond acceptors (Lipinski definition) is 6. The van der Waals surface area contributed by atoms with Crippen LogP contribution in [0.15, 0.2) is 28.7 Å². The van der Waals surface area contributed by atoms with Crippen LogP contribution in [0.25, 0.3) is 0 Å². The molecule has 1 aromatic rings. The predicted octanol–water partition coefficient (Wildman–Crippen LogP) is 3.96. The number of halogens is 1. The van der Waals surface area contributed by atoms with E-state index in [9.17, 15) is 15.8 Å². The van der Waals surface area contributed by atoms with Crippen LogP contribution >= 0.6 is 15.9 Å². The molecule has 0 aromatic heterocycles. The fraction of sp³-hybridized carbons (Fsp3) is 0.474. The summed E-state index contributed by atoms with van der Waals surface area (Å²) in [6.07, 6.45) is 1.83. The fourth-order valence-corrected chi connectivity index (χ4v) is 5.32. The first kappa shape index (κ1) is 17.0. The first-order valence-corrected chi connectivity index (χ1v) is 9.24. The molecule has 3 fully saturated rings. The van der Waals surface area contributed by atoms with Gasteiger partial charge < -0.3 is 9.47 Å². The summed E-state index contributed by atoms with van der Waals surface area (Å²) in [6, 6.07) is 13.5. The van der Waals surface area contributed by atoms with Gasteiger partial charge in [-0.25, -0.2) is 0 Å². The molecule has 0 spiro atoms. The average molecular weight is 411 g/mol. The SMILES string of the molecule is N#CC1(C#N)C(c2ccccc2Br)OC23CCCCC2C1(C#N)C(=N)O3. The summed E-state index contributed by atoms with van der Waals surface area (Å²) >= 11 is 3.47. The maximum absolute atomic E-state index is 10.2. The highest BCUT2D eigenvalue weighted by atomic mass is 79.9. The van der Waals surface area contributed by atoms with Gasteiger partial charge in [0.2, 0.25) is 17.1 Å². The Kier molecular flexibility index (Phi) is 3.63. The van der Waals surface area contributed by atoms with Crippen molar-refractivity contribution in [2.24, 2.45) is 16.7 Å². The fourth-order valence-electron chi connectivity index (χ4n) is 4.83. The van der Waals surface area contributed by atoms with Crippen LogP contribution in [0.5, 0.6) is 0 Å². The second-order valence-electron chi connectivity index (χ2n) is 7.01. The van der Waals surface area contributed by atoms with Gasteiger partial charge in [-0.3, -0.25) is 5.41 Å². The van der Waals surface area contributed by atoms with Crippen molar-refractivity contribution < 1.29 is 9.47 Å². The molecule has 1 N–H and O–H groups in total. The molecule has 2 heterocycles. The van der Waals surface area contributed by atoms with Gasteiger partial charge in [-0.1, -0.05) is 40.5 Å². The first-order chi connectivity index (χ1) is 12.5. The lowest BCUT2D eigenvalue weighted by molar-refractivity contribution is -0.294. The molecule has 2 aliphatic heterocycles. The minimum atomic E-state index is -1.87. The molecule has 2 bridgehead atoms. The third-order valence-corrected chi connectivity index (χ3v) is 6.73. The van der Waals surface area contributed by atoms with E-state index in [1.54, 1.807) is 18.2 Å². The van der Waals surface area contributed by atoms with Crippen molar-refractivity contribution >= 4 is 21.8 Å². The Morgan fingerprint density at radius 3 is 2.50 bits per heavy atom. The van der Waals surface area contributed by atoms with Crippen molar-refractivity contribution in [3.63, 3.8) is 0 Å². The monoisotopic (exact) mass is 410 g/mol. The molecule has 0 radical (unpaired) electrons. The van der Waals surface area contributed by atoms with Crippen LogP contribution in [-0.4, -0.2) is 11.7 Å². The summed E-state index contributed by atoms with van der Waals surface area (Å²) in [5, 5.41) is 38.8. The number of rotatable bonds is 1. The van der Waals surface area contributed by atoms with Crippen molar-refractivity contribution in [3.8, 4) is 18.2 Å². The van der Waals surface area contributed by atoms with Crippen LogP contribution < -0.4 is 0 Å². The Labute approximate surface area is 159 Å². The maximum Gasteiger partial charge on any atom is 0.217 e. The largest absolute Gasteiger partial charge is 0.447 e. The summed E-state index contributed by atoms with van der Waals surface area (Å²) in [7, 11) is 0. The first-order valence-electron chi connectivity index (χ1n) is 8.45. The van der Waals surface area contributed by atoms with Gasteiger partial charge in [-0.2, -0.15) is 15.8 Å². The summed E-state index contributed by atoms with van der Waals surface area (Å²) in [6.45, 7) is 0. The molecule has 1 aliphatic carbocycles. The van der Waals surface area contributed by atoms with E-state index in [1.807, 2.05) is 6.07 Å². The van der Waals surface area contributed by atoms with E-state index in [0.29, 0.717) is 22.9 Å². The Hall–Kier alpha value is -2.40. The zero-order chi connectivity index (χ0) is 18.6. The molecule has 1 aromatic carbocycles. The molecule has 4 atom stereocenters. The van der Waals surface area contributed by atoms with E-state index >= 15 is 0 Å². The molecule has 4 unspecified atom stereocenters. The molecular formula is C19H15BrN4O2. The molecule has 0 amide bonds. The maximum atomic E-state index is 10.2. The number of ether oxygens (including phenoxy) is 2. The van der Waals surface area contributed by atoms with Gasteiger partial charge in [0.05, 0.1) is 24.1 Å². The summed E-state index contributed by atoms with van der Waals surface area (Å²) in [5.74, 6) is -1.94. The van der Waals surface area contributed by atoms with Crippen molar-refractivity contribution in [2.45, 2.75) is 37.6 Å². The van der Waals surface area contributed by atoms with Gasteiger partial charge in [0.15, 0.2) is 5.41 Å². The van der Waals surface area contributed by atoms with E-state index in [4.69, 9.17) is 14.9 Å². The third kappa shape index (κ3) is 1.74. The van der Waals surface area contributed by atoms with Crippen LogP contribution in [0.2, 0.25) is 0 Å². The highest BCUT2D eigenvalue weighted by Gasteiger charge is 2.80. The third-order valence-electron chi connectivity index (χ3n) is 6.00. The van der Waals surface area contributed by atoms with Crippen molar-refractivity contribution in [2.75, 3.05) is 0 Å². The van der Waals surface area contributed by atoms with Crippen LogP contribution in [0.4, 0.5) is 0 Å². The van der Waals surface area contributed by atoms with Crippen LogP contribution in [0.3, 0.4) is 0 Å². The number of nitriles is 3. The van der Waals surface area contributed by atoms with Crippen molar-refractivity contribution in [1.82, 2.24) is 0 Å². The van der Waals surface area contributed by atoms with Crippen molar-refractivity contribution in [3.05, 3.63) is 34.3 Å². The second-order valence-corrected chi connectivity index (χ2v) is 7.87. The normalized spacial score (nSPS) is 36.8. The smallest absolute Gasteiger partial charge is 0.217 e. The average Bonchev–Trinajstić information content (AvgIpc) is 2.87. The van der Waals surface area contributed by atoms with Crippen molar-refractivity contribution in [1.29, 1.82) is 21.2 Å². The van der Waals surface area contributed by atoms with Gasteiger partial charge in [0.1, 0.15) is 6.10 Å². The molecule has 3 aliphatic rings. The molecule has 130 valence electrons. The van der Waals surface area contributed by atoms with Crippen LogP contribution in [0.1, 0.15) is 37.4 Å². The lowest BCUT2D eigenvalue weighted by Crippen LogP contribution is -2.60. The number of benzene rings is 1.